The summed E-state index contributed by atoms with van der Waals surface area (Å²) >= 11 is 5.53. The molecular weight excluding hydrogens is 221 g/mol. The molecule has 0 aliphatic heterocycles. The molecular formula is C10H9ClFNO2. The Kier molecular flexibility index (Phi) is 2.77. The van der Waals surface area contributed by atoms with Crippen LogP contribution in [0.5, 0.6) is 0 Å². The third-order valence-corrected chi connectivity index (χ3v) is 2.41. The number of rotatable bonds is 3. The number of hydrogen-bond donors (Lipinski definition) is 0. The summed E-state index contributed by atoms with van der Waals surface area (Å²) < 4.78 is 19.3. The van der Waals surface area contributed by atoms with E-state index in [-0.39, 0.29) is 5.82 Å². The summed E-state index contributed by atoms with van der Waals surface area (Å²) in [6.45, 7) is 0.443. The standard InChI is InChI=1S/C10H9ClFNO2/c11-4-1-5-13-8-6-7(12)2-3-9(8)15-10(13)14/h2-3,6H,1,4-5H2. The lowest BCUT2D eigenvalue weighted by atomic mass is 10.3. The van der Waals surface area contributed by atoms with Gasteiger partial charge in [0.05, 0.1) is 5.52 Å². The minimum Gasteiger partial charge on any atom is -0.408 e. The molecule has 0 radical (unpaired) electrons. The molecule has 2 rings (SSSR count). The Morgan fingerprint density at radius 3 is 3.00 bits per heavy atom. The van der Waals surface area contributed by atoms with Crippen LogP contribution in [-0.2, 0) is 6.54 Å². The fourth-order valence-electron chi connectivity index (χ4n) is 1.46. The first-order valence-electron chi connectivity index (χ1n) is 4.57. The normalized spacial score (nSPS) is 11.1. The molecule has 0 saturated heterocycles. The van der Waals surface area contributed by atoms with Gasteiger partial charge < -0.3 is 4.42 Å². The summed E-state index contributed by atoms with van der Waals surface area (Å²) in [7, 11) is 0. The predicted octanol–water partition coefficient (Wildman–Crippen LogP) is 2.36. The topological polar surface area (TPSA) is 35.1 Å². The Morgan fingerprint density at radius 1 is 1.47 bits per heavy atom. The number of fused-ring (bicyclic) bond motifs is 1. The van der Waals surface area contributed by atoms with Gasteiger partial charge in [-0.15, -0.1) is 11.6 Å². The lowest BCUT2D eigenvalue weighted by Crippen LogP contribution is -2.14. The molecule has 1 heterocycles. The van der Waals surface area contributed by atoms with E-state index < -0.39 is 5.76 Å². The summed E-state index contributed by atoms with van der Waals surface area (Å²) in [6, 6.07) is 3.99. The smallest absolute Gasteiger partial charge is 0.408 e. The summed E-state index contributed by atoms with van der Waals surface area (Å²) in [6.07, 6.45) is 0.645. The van der Waals surface area contributed by atoms with Crippen LogP contribution >= 0.6 is 11.6 Å². The molecule has 1 aromatic carbocycles. The SMILES string of the molecule is O=c1oc2ccc(F)cc2n1CCCCl. The van der Waals surface area contributed by atoms with Crippen LogP contribution in [0.15, 0.2) is 27.4 Å². The Labute approximate surface area is 90.1 Å². The van der Waals surface area contributed by atoms with Gasteiger partial charge in [0, 0.05) is 18.5 Å². The highest BCUT2D eigenvalue weighted by atomic mass is 35.5. The van der Waals surface area contributed by atoms with Gasteiger partial charge >= 0.3 is 5.76 Å². The van der Waals surface area contributed by atoms with Crippen molar-refractivity contribution in [3.8, 4) is 0 Å². The van der Waals surface area contributed by atoms with Gasteiger partial charge in [-0.2, -0.15) is 0 Å². The first-order valence-corrected chi connectivity index (χ1v) is 5.10. The summed E-state index contributed by atoms with van der Waals surface area (Å²) in [5, 5.41) is 0. The zero-order chi connectivity index (χ0) is 10.8. The number of alkyl halides is 1. The van der Waals surface area contributed by atoms with Crippen LogP contribution in [0, 0.1) is 5.82 Å². The highest BCUT2D eigenvalue weighted by Crippen LogP contribution is 2.14. The zero-order valence-corrected chi connectivity index (χ0v) is 8.63. The molecule has 0 atom stereocenters. The molecule has 80 valence electrons. The monoisotopic (exact) mass is 229 g/mol. The van der Waals surface area contributed by atoms with Crippen LogP contribution in [0.4, 0.5) is 4.39 Å². The number of halogens is 2. The number of benzene rings is 1. The lowest BCUT2D eigenvalue weighted by molar-refractivity contribution is 0.503. The van der Waals surface area contributed by atoms with Crippen molar-refractivity contribution in [2.75, 3.05) is 5.88 Å². The van der Waals surface area contributed by atoms with Gasteiger partial charge in [-0.1, -0.05) is 0 Å². The Morgan fingerprint density at radius 2 is 2.27 bits per heavy atom. The highest BCUT2D eigenvalue weighted by Gasteiger charge is 2.09. The second kappa shape index (κ2) is 4.06. The molecule has 0 saturated carbocycles. The van der Waals surface area contributed by atoms with E-state index in [2.05, 4.69) is 0 Å². The van der Waals surface area contributed by atoms with Crippen LogP contribution in [-0.4, -0.2) is 10.4 Å². The third kappa shape index (κ3) is 1.90. The molecule has 1 aromatic heterocycles. The van der Waals surface area contributed by atoms with Gasteiger partial charge in [-0.3, -0.25) is 4.57 Å². The van der Waals surface area contributed by atoms with E-state index in [0.29, 0.717) is 29.9 Å². The van der Waals surface area contributed by atoms with E-state index in [1.165, 1.54) is 22.8 Å². The number of aryl methyl sites for hydroxylation is 1. The van der Waals surface area contributed by atoms with Gasteiger partial charge in [0.2, 0.25) is 0 Å². The quantitative estimate of drug-likeness (QED) is 0.758. The van der Waals surface area contributed by atoms with Crippen molar-refractivity contribution in [2.45, 2.75) is 13.0 Å². The van der Waals surface area contributed by atoms with Gasteiger partial charge in [-0.25, -0.2) is 9.18 Å². The fourth-order valence-corrected chi connectivity index (χ4v) is 1.58. The molecule has 0 aliphatic carbocycles. The van der Waals surface area contributed by atoms with Crippen molar-refractivity contribution in [3.63, 3.8) is 0 Å². The van der Waals surface area contributed by atoms with Crippen molar-refractivity contribution < 1.29 is 8.81 Å². The van der Waals surface area contributed by atoms with E-state index in [4.69, 9.17) is 16.0 Å². The average Bonchev–Trinajstić information content (AvgIpc) is 2.51. The van der Waals surface area contributed by atoms with Crippen molar-refractivity contribution in [1.82, 2.24) is 4.57 Å². The van der Waals surface area contributed by atoms with Crippen molar-refractivity contribution in [3.05, 3.63) is 34.6 Å². The summed E-state index contributed by atoms with van der Waals surface area (Å²) in [5.74, 6) is -0.405. The van der Waals surface area contributed by atoms with Crippen LogP contribution in [0.3, 0.4) is 0 Å². The molecule has 2 aromatic rings. The molecule has 0 aliphatic rings. The molecule has 5 heteroatoms. The molecule has 0 unspecified atom stereocenters. The van der Waals surface area contributed by atoms with Crippen molar-refractivity contribution >= 4 is 22.7 Å². The summed E-state index contributed by atoms with van der Waals surface area (Å²) in [5.41, 5.74) is 0.876. The fraction of sp³-hybridized carbons (Fsp3) is 0.300. The van der Waals surface area contributed by atoms with Crippen molar-refractivity contribution in [1.29, 1.82) is 0 Å². The molecule has 0 spiro atoms. The molecule has 0 fully saturated rings. The Hall–Kier alpha value is -1.29. The first-order chi connectivity index (χ1) is 7.22. The number of aromatic nitrogens is 1. The Bertz CT molecular complexity index is 532. The maximum atomic E-state index is 13.0. The zero-order valence-electron chi connectivity index (χ0n) is 7.87. The largest absolute Gasteiger partial charge is 0.419 e. The second-order valence-electron chi connectivity index (χ2n) is 3.17. The molecule has 0 amide bonds. The van der Waals surface area contributed by atoms with E-state index in [0.717, 1.165) is 0 Å². The maximum absolute atomic E-state index is 13.0. The molecule has 3 nitrogen and oxygen atoms in total. The highest BCUT2D eigenvalue weighted by molar-refractivity contribution is 6.17. The number of oxazole rings is 1. The van der Waals surface area contributed by atoms with Crippen LogP contribution in [0.2, 0.25) is 0 Å². The van der Waals surface area contributed by atoms with Crippen molar-refractivity contribution in [2.24, 2.45) is 0 Å². The Balaban J connectivity index is 2.55. The number of hydrogen-bond acceptors (Lipinski definition) is 2. The minimum atomic E-state index is -0.472. The average molecular weight is 230 g/mol. The van der Waals surface area contributed by atoms with E-state index in [1.807, 2.05) is 0 Å². The van der Waals surface area contributed by atoms with Gasteiger partial charge in [0.15, 0.2) is 5.58 Å². The first kappa shape index (κ1) is 10.2. The second-order valence-corrected chi connectivity index (χ2v) is 3.55. The predicted molar refractivity (Wildman–Crippen MR) is 55.8 cm³/mol. The maximum Gasteiger partial charge on any atom is 0.419 e. The lowest BCUT2D eigenvalue weighted by Gasteiger charge is -1.98. The van der Waals surface area contributed by atoms with Crippen LogP contribution < -0.4 is 5.76 Å². The van der Waals surface area contributed by atoms with E-state index in [9.17, 15) is 9.18 Å². The van der Waals surface area contributed by atoms with E-state index in [1.54, 1.807) is 0 Å². The van der Waals surface area contributed by atoms with Crippen LogP contribution in [0.1, 0.15) is 6.42 Å². The van der Waals surface area contributed by atoms with Gasteiger partial charge in [-0.05, 0) is 18.6 Å². The van der Waals surface area contributed by atoms with Crippen LogP contribution in [0.25, 0.3) is 11.1 Å². The van der Waals surface area contributed by atoms with Gasteiger partial charge in [0.25, 0.3) is 0 Å². The molecule has 0 bridgehead atoms. The minimum absolute atomic E-state index is 0.386. The third-order valence-electron chi connectivity index (χ3n) is 2.14. The van der Waals surface area contributed by atoms with Gasteiger partial charge in [0.1, 0.15) is 5.82 Å². The summed E-state index contributed by atoms with van der Waals surface area (Å²) in [4.78, 5) is 11.4. The number of nitrogens with zero attached hydrogens (tertiary/aromatic N) is 1. The molecule has 0 N–H and O–H groups in total. The van der Waals surface area contributed by atoms with E-state index >= 15 is 0 Å². The molecule has 15 heavy (non-hydrogen) atoms.